The molecule has 0 bridgehead atoms. The standard InChI is InChI=1S/C27H37NO4/c1-19(17-28-12-14-30-15-13-28)18-31-25-22-16-21(27(2,3)4)10-11-23(22)32-26(29)24(25)20-8-6-5-7-9-20/h5-9,19,21H,10-18H2,1-4H3. The predicted molar refractivity (Wildman–Crippen MR) is 127 cm³/mol. The molecule has 0 saturated carbocycles. The van der Waals surface area contributed by atoms with Crippen molar-refractivity contribution >= 4 is 0 Å². The molecular formula is C27H37NO4. The highest BCUT2D eigenvalue weighted by Crippen LogP contribution is 2.42. The fourth-order valence-electron chi connectivity index (χ4n) is 4.91. The lowest BCUT2D eigenvalue weighted by Crippen LogP contribution is -2.40. The summed E-state index contributed by atoms with van der Waals surface area (Å²) in [5.74, 6) is 2.43. The summed E-state index contributed by atoms with van der Waals surface area (Å²) in [6.45, 7) is 14.2. The number of hydrogen-bond donors (Lipinski definition) is 0. The monoisotopic (exact) mass is 439 g/mol. The maximum atomic E-state index is 13.1. The number of benzene rings is 1. The molecule has 5 heteroatoms. The van der Waals surface area contributed by atoms with Crippen molar-refractivity contribution in [1.29, 1.82) is 0 Å². The van der Waals surface area contributed by atoms with Crippen molar-refractivity contribution in [2.75, 3.05) is 39.5 Å². The number of rotatable bonds is 6. The van der Waals surface area contributed by atoms with Crippen molar-refractivity contribution in [2.45, 2.75) is 47.0 Å². The molecule has 0 radical (unpaired) electrons. The van der Waals surface area contributed by atoms with Gasteiger partial charge in [0, 0.05) is 37.5 Å². The van der Waals surface area contributed by atoms with Gasteiger partial charge in [-0.3, -0.25) is 4.90 Å². The highest BCUT2D eigenvalue weighted by Gasteiger charge is 2.34. The topological polar surface area (TPSA) is 51.9 Å². The summed E-state index contributed by atoms with van der Waals surface area (Å²) in [4.78, 5) is 15.5. The first kappa shape index (κ1) is 23.1. The number of nitrogens with zero attached hydrogens (tertiary/aromatic N) is 1. The molecule has 2 atom stereocenters. The summed E-state index contributed by atoms with van der Waals surface area (Å²) in [7, 11) is 0. The normalized spacial score (nSPS) is 20.6. The molecule has 0 N–H and O–H groups in total. The van der Waals surface area contributed by atoms with Crippen LogP contribution in [0.3, 0.4) is 0 Å². The van der Waals surface area contributed by atoms with Crippen LogP contribution in [0.4, 0.5) is 0 Å². The SMILES string of the molecule is CC(COc1c2c(oc(=O)c1-c1ccccc1)CCC(C(C)(C)C)C2)CN1CCOCC1. The quantitative estimate of drug-likeness (QED) is 0.647. The lowest BCUT2D eigenvalue weighted by Gasteiger charge is -2.35. The molecule has 2 aliphatic rings. The molecule has 1 aromatic carbocycles. The second-order valence-electron chi connectivity index (χ2n) is 10.5. The first-order valence-corrected chi connectivity index (χ1v) is 12.0. The van der Waals surface area contributed by atoms with Crippen LogP contribution in [0.5, 0.6) is 5.75 Å². The van der Waals surface area contributed by atoms with Gasteiger partial charge in [0.2, 0.25) is 0 Å². The van der Waals surface area contributed by atoms with E-state index in [2.05, 4.69) is 32.6 Å². The largest absolute Gasteiger partial charge is 0.492 e. The van der Waals surface area contributed by atoms with Gasteiger partial charge in [-0.15, -0.1) is 0 Å². The van der Waals surface area contributed by atoms with Crippen molar-refractivity contribution in [1.82, 2.24) is 4.90 Å². The molecule has 174 valence electrons. The van der Waals surface area contributed by atoms with Gasteiger partial charge in [-0.1, -0.05) is 58.0 Å². The zero-order valence-electron chi connectivity index (χ0n) is 20.0. The molecular weight excluding hydrogens is 402 g/mol. The summed E-state index contributed by atoms with van der Waals surface area (Å²) < 4.78 is 17.8. The van der Waals surface area contributed by atoms with Crippen LogP contribution in [0.15, 0.2) is 39.5 Å². The third-order valence-corrected chi connectivity index (χ3v) is 6.90. The number of aryl methyl sites for hydroxylation is 1. The summed E-state index contributed by atoms with van der Waals surface area (Å²) >= 11 is 0. The van der Waals surface area contributed by atoms with Gasteiger partial charge in [0.15, 0.2) is 0 Å². The highest BCUT2D eigenvalue weighted by atomic mass is 16.5. The minimum absolute atomic E-state index is 0.196. The van der Waals surface area contributed by atoms with Crippen LogP contribution in [-0.4, -0.2) is 44.4 Å². The zero-order valence-corrected chi connectivity index (χ0v) is 20.0. The second kappa shape index (κ2) is 9.80. The number of morpholine rings is 1. The molecule has 2 heterocycles. The zero-order chi connectivity index (χ0) is 22.7. The van der Waals surface area contributed by atoms with E-state index in [1.54, 1.807) is 0 Å². The minimum atomic E-state index is -0.292. The summed E-state index contributed by atoms with van der Waals surface area (Å²) in [6.07, 6.45) is 2.72. The molecule has 1 fully saturated rings. The lowest BCUT2D eigenvalue weighted by atomic mass is 9.71. The average molecular weight is 440 g/mol. The van der Waals surface area contributed by atoms with Crippen LogP contribution in [0, 0.1) is 17.3 Å². The first-order chi connectivity index (χ1) is 15.3. The van der Waals surface area contributed by atoms with Crippen molar-refractivity contribution < 1.29 is 13.9 Å². The van der Waals surface area contributed by atoms with E-state index in [-0.39, 0.29) is 11.0 Å². The molecule has 32 heavy (non-hydrogen) atoms. The Labute approximate surface area is 191 Å². The maximum absolute atomic E-state index is 13.1. The Bertz CT molecular complexity index is 954. The van der Waals surface area contributed by atoms with Gasteiger partial charge >= 0.3 is 5.63 Å². The number of hydrogen-bond acceptors (Lipinski definition) is 5. The Morgan fingerprint density at radius 3 is 2.56 bits per heavy atom. The number of ether oxygens (including phenoxy) is 2. The van der Waals surface area contributed by atoms with Crippen molar-refractivity contribution in [3.05, 3.63) is 52.1 Å². The van der Waals surface area contributed by atoms with Crippen LogP contribution in [0.2, 0.25) is 0 Å². The Morgan fingerprint density at radius 1 is 1.16 bits per heavy atom. The van der Waals surface area contributed by atoms with Crippen molar-refractivity contribution in [2.24, 2.45) is 17.3 Å². The first-order valence-electron chi connectivity index (χ1n) is 12.0. The lowest BCUT2D eigenvalue weighted by molar-refractivity contribution is 0.0283. The number of fused-ring (bicyclic) bond motifs is 1. The molecule has 2 unspecified atom stereocenters. The molecule has 1 saturated heterocycles. The summed E-state index contributed by atoms with van der Waals surface area (Å²) in [5, 5.41) is 0. The fraction of sp³-hybridized carbons (Fsp3) is 0.593. The summed E-state index contributed by atoms with van der Waals surface area (Å²) in [5.41, 5.74) is 2.42. The van der Waals surface area contributed by atoms with Gasteiger partial charge < -0.3 is 13.9 Å². The Balaban J connectivity index is 1.65. The average Bonchev–Trinajstić information content (AvgIpc) is 2.77. The van der Waals surface area contributed by atoms with Crippen LogP contribution < -0.4 is 10.4 Å². The molecule has 5 nitrogen and oxygen atoms in total. The van der Waals surface area contributed by atoms with E-state index in [0.29, 0.717) is 24.0 Å². The van der Waals surface area contributed by atoms with Gasteiger partial charge in [-0.25, -0.2) is 4.79 Å². The van der Waals surface area contributed by atoms with Gasteiger partial charge in [0.05, 0.1) is 19.8 Å². The van der Waals surface area contributed by atoms with Crippen molar-refractivity contribution in [3.8, 4) is 16.9 Å². The van der Waals surface area contributed by atoms with Gasteiger partial charge in [-0.05, 0) is 29.7 Å². The second-order valence-corrected chi connectivity index (χ2v) is 10.5. The van der Waals surface area contributed by atoms with E-state index in [1.165, 1.54) is 0 Å². The van der Waals surface area contributed by atoms with Gasteiger partial charge in [0.25, 0.3) is 0 Å². The fourth-order valence-corrected chi connectivity index (χ4v) is 4.91. The molecule has 0 amide bonds. The molecule has 1 aliphatic carbocycles. The Morgan fingerprint density at radius 2 is 1.88 bits per heavy atom. The summed E-state index contributed by atoms with van der Waals surface area (Å²) in [6, 6.07) is 9.80. The Hall–Kier alpha value is -2.11. The van der Waals surface area contributed by atoms with Crippen molar-refractivity contribution in [3.63, 3.8) is 0 Å². The highest BCUT2D eigenvalue weighted by molar-refractivity contribution is 5.71. The minimum Gasteiger partial charge on any atom is -0.492 e. The van der Waals surface area contributed by atoms with E-state index >= 15 is 0 Å². The van der Waals surface area contributed by atoms with E-state index in [1.807, 2.05) is 30.3 Å². The maximum Gasteiger partial charge on any atom is 0.347 e. The van der Waals surface area contributed by atoms with E-state index in [9.17, 15) is 4.79 Å². The van der Waals surface area contributed by atoms with Gasteiger partial charge in [-0.2, -0.15) is 0 Å². The molecule has 1 aromatic heterocycles. The Kier molecular flexibility index (Phi) is 7.06. The molecule has 1 aliphatic heterocycles. The van der Waals surface area contributed by atoms with E-state index in [4.69, 9.17) is 13.9 Å². The third kappa shape index (κ3) is 5.26. The molecule has 0 spiro atoms. The van der Waals surface area contributed by atoms with Crippen LogP contribution in [0.1, 0.15) is 45.4 Å². The molecule has 4 rings (SSSR count). The van der Waals surface area contributed by atoms with Crippen LogP contribution in [0.25, 0.3) is 11.1 Å². The third-order valence-electron chi connectivity index (χ3n) is 6.90. The van der Waals surface area contributed by atoms with E-state index in [0.717, 1.165) is 74.7 Å². The van der Waals surface area contributed by atoms with Crippen LogP contribution >= 0.6 is 0 Å². The predicted octanol–water partition coefficient (Wildman–Crippen LogP) is 4.80. The van der Waals surface area contributed by atoms with E-state index < -0.39 is 0 Å². The van der Waals surface area contributed by atoms with Gasteiger partial charge in [0.1, 0.15) is 17.1 Å². The molecule has 2 aromatic rings. The smallest absolute Gasteiger partial charge is 0.347 e. The van der Waals surface area contributed by atoms with Crippen LogP contribution in [-0.2, 0) is 17.6 Å².